The number of halogens is 1. The molecule has 0 fully saturated rings. The molecule has 2 aromatic rings. The predicted molar refractivity (Wildman–Crippen MR) is 69.2 cm³/mol. The summed E-state index contributed by atoms with van der Waals surface area (Å²) in [5.41, 5.74) is 2.33. The van der Waals surface area contributed by atoms with Crippen LogP contribution in [0.3, 0.4) is 0 Å². The zero-order valence-electron chi connectivity index (χ0n) is 10.1. The summed E-state index contributed by atoms with van der Waals surface area (Å²) >= 11 is 5.86. The van der Waals surface area contributed by atoms with E-state index in [1.807, 2.05) is 24.3 Å². The summed E-state index contributed by atoms with van der Waals surface area (Å²) in [6.07, 6.45) is 1.28. The van der Waals surface area contributed by atoms with Crippen molar-refractivity contribution < 1.29 is 9.47 Å². The molecule has 0 saturated heterocycles. The molecule has 18 heavy (non-hydrogen) atoms. The van der Waals surface area contributed by atoms with Crippen LogP contribution < -0.4 is 0 Å². The van der Waals surface area contributed by atoms with Gasteiger partial charge in [-0.25, -0.2) is 4.98 Å². The Morgan fingerprint density at radius 1 is 1.11 bits per heavy atom. The molecule has 5 heteroatoms. The predicted octanol–water partition coefficient (Wildman–Crippen LogP) is 3.09. The van der Waals surface area contributed by atoms with Crippen LogP contribution in [-0.4, -0.2) is 24.2 Å². The number of aromatic nitrogens is 2. The minimum atomic E-state index is -0.411. The van der Waals surface area contributed by atoms with E-state index in [4.69, 9.17) is 21.1 Å². The lowest BCUT2D eigenvalue weighted by Gasteiger charge is -2.14. The molecule has 0 N–H and O–H groups in total. The van der Waals surface area contributed by atoms with Gasteiger partial charge < -0.3 is 9.47 Å². The molecule has 2 heterocycles. The smallest absolute Gasteiger partial charge is 0.183 e. The minimum absolute atomic E-state index is 0.411. The Bertz CT molecular complexity index is 530. The highest BCUT2D eigenvalue weighted by Crippen LogP contribution is 2.22. The van der Waals surface area contributed by atoms with Crippen molar-refractivity contribution in [3.8, 4) is 11.4 Å². The fourth-order valence-electron chi connectivity index (χ4n) is 1.65. The molecule has 0 radical (unpaired) electrons. The van der Waals surface area contributed by atoms with E-state index in [1.165, 1.54) is 0 Å². The van der Waals surface area contributed by atoms with E-state index in [0.717, 1.165) is 17.0 Å². The number of hydrogen-bond acceptors (Lipinski definition) is 4. The zero-order valence-corrected chi connectivity index (χ0v) is 10.9. The van der Waals surface area contributed by atoms with Crippen molar-refractivity contribution >= 4 is 11.6 Å². The van der Waals surface area contributed by atoms with Gasteiger partial charge in [-0.15, -0.1) is 0 Å². The molecular formula is C13H13ClN2O2. The van der Waals surface area contributed by atoms with Gasteiger partial charge in [-0.1, -0.05) is 17.7 Å². The third-order valence-corrected chi connectivity index (χ3v) is 2.67. The van der Waals surface area contributed by atoms with Crippen molar-refractivity contribution in [2.24, 2.45) is 0 Å². The number of methoxy groups -OCH3 is 2. The molecule has 0 spiro atoms. The van der Waals surface area contributed by atoms with Gasteiger partial charge in [0.1, 0.15) is 5.15 Å². The van der Waals surface area contributed by atoms with Crippen LogP contribution in [0.2, 0.25) is 5.15 Å². The third kappa shape index (κ3) is 2.85. The zero-order chi connectivity index (χ0) is 13.0. The first-order valence-corrected chi connectivity index (χ1v) is 5.77. The van der Waals surface area contributed by atoms with Crippen LogP contribution in [0.15, 0.2) is 36.5 Å². The highest BCUT2D eigenvalue weighted by molar-refractivity contribution is 6.29. The van der Waals surface area contributed by atoms with Crippen LogP contribution in [0.5, 0.6) is 0 Å². The average molecular weight is 265 g/mol. The Hall–Kier alpha value is -1.49. The Morgan fingerprint density at radius 3 is 2.56 bits per heavy atom. The van der Waals surface area contributed by atoms with Gasteiger partial charge in [-0.2, -0.15) is 0 Å². The van der Waals surface area contributed by atoms with Crippen molar-refractivity contribution in [3.63, 3.8) is 0 Å². The van der Waals surface area contributed by atoms with Gasteiger partial charge in [0.05, 0.1) is 11.4 Å². The van der Waals surface area contributed by atoms with E-state index in [0.29, 0.717) is 5.15 Å². The molecule has 0 saturated carbocycles. The summed E-state index contributed by atoms with van der Waals surface area (Å²) in [4.78, 5) is 8.49. The van der Waals surface area contributed by atoms with Crippen LogP contribution in [0.1, 0.15) is 11.9 Å². The average Bonchev–Trinajstić information content (AvgIpc) is 2.41. The molecule has 0 amide bonds. The van der Waals surface area contributed by atoms with Gasteiger partial charge in [0.15, 0.2) is 6.29 Å². The monoisotopic (exact) mass is 264 g/mol. The summed E-state index contributed by atoms with van der Waals surface area (Å²) in [5.74, 6) is 0. The topological polar surface area (TPSA) is 44.2 Å². The molecular weight excluding hydrogens is 252 g/mol. The summed E-state index contributed by atoms with van der Waals surface area (Å²) in [6, 6.07) is 9.12. The summed E-state index contributed by atoms with van der Waals surface area (Å²) < 4.78 is 10.4. The highest BCUT2D eigenvalue weighted by Gasteiger charge is 2.11. The standard InChI is InChI=1S/C13H13ClN2O2/c1-17-13(18-2)9-6-7-15-11(8-9)10-4-3-5-12(14)16-10/h3-8,13H,1-2H3. The molecule has 0 aliphatic rings. The van der Waals surface area contributed by atoms with Crippen molar-refractivity contribution in [2.45, 2.75) is 6.29 Å². The maximum Gasteiger partial charge on any atom is 0.183 e. The van der Waals surface area contributed by atoms with Gasteiger partial charge in [0, 0.05) is 26.0 Å². The summed E-state index contributed by atoms with van der Waals surface area (Å²) in [5, 5.41) is 0.440. The van der Waals surface area contributed by atoms with E-state index in [2.05, 4.69) is 9.97 Å². The summed E-state index contributed by atoms with van der Waals surface area (Å²) in [7, 11) is 3.18. The summed E-state index contributed by atoms with van der Waals surface area (Å²) in [6.45, 7) is 0. The first kappa shape index (κ1) is 13.0. The number of ether oxygens (including phenoxy) is 2. The second-order valence-corrected chi connectivity index (χ2v) is 4.01. The number of nitrogens with zero attached hydrogens (tertiary/aromatic N) is 2. The van der Waals surface area contributed by atoms with Crippen LogP contribution in [0, 0.1) is 0 Å². The Balaban J connectivity index is 2.38. The molecule has 94 valence electrons. The van der Waals surface area contributed by atoms with E-state index in [1.54, 1.807) is 26.5 Å². The fraction of sp³-hybridized carbons (Fsp3) is 0.231. The maximum absolute atomic E-state index is 5.86. The lowest BCUT2D eigenvalue weighted by Crippen LogP contribution is -2.04. The van der Waals surface area contributed by atoms with E-state index in [-0.39, 0.29) is 0 Å². The van der Waals surface area contributed by atoms with Gasteiger partial charge >= 0.3 is 0 Å². The van der Waals surface area contributed by atoms with Gasteiger partial charge in [0.25, 0.3) is 0 Å². The van der Waals surface area contributed by atoms with E-state index >= 15 is 0 Å². The molecule has 0 atom stereocenters. The van der Waals surface area contributed by atoms with Crippen molar-refractivity contribution in [2.75, 3.05) is 14.2 Å². The quantitative estimate of drug-likeness (QED) is 0.629. The van der Waals surface area contributed by atoms with E-state index < -0.39 is 6.29 Å². The second kappa shape index (κ2) is 5.91. The Labute approximate surface area is 111 Å². The van der Waals surface area contributed by atoms with Crippen LogP contribution in [0.25, 0.3) is 11.4 Å². The Morgan fingerprint density at radius 2 is 1.89 bits per heavy atom. The number of rotatable bonds is 4. The molecule has 2 rings (SSSR count). The first-order chi connectivity index (χ1) is 8.74. The van der Waals surface area contributed by atoms with E-state index in [9.17, 15) is 0 Å². The SMILES string of the molecule is COC(OC)c1ccnc(-c2cccc(Cl)n2)c1. The third-order valence-electron chi connectivity index (χ3n) is 2.46. The van der Waals surface area contributed by atoms with Gasteiger partial charge in [-0.3, -0.25) is 4.98 Å². The lowest BCUT2D eigenvalue weighted by molar-refractivity contribution is -0.106. The number of pyridine rings is 2. The second-order valence-electron chi connectivity index (χ2n) is 3.62. The molecule has 4 nitrogen and oxygen atoms in total. The first-order valence-electron chi connectivity index (χ1n) is 5.39. The van der Waals surface area contributed by atoms with Crippen LogP contribution >= 0.6 is 11.6 Å². The molecule has 0 bridgehead atoms. The normalized spacial score (nSPS) is 10.9. The van der Waals surface area contributed by atoms with Gasteiger partial charge in [-0.05, 0) is 24.3 Å². The molecule has 2 aromatic heterocycles. The van der Waals surface area contributed by atoms with Crippen molar-refractivity contribution in [3.05, 3.63) is 47.2 Å². The van der Waals surface area contributed by atoms with Crippen LogP contribution in [0.4, 0.5) is 0 Å². The largest absolute Gasteiger partial charge is 0.352 e. The highest BCUT2D eigenvalue weighted by atomic mass is 35.5. The lowest BCUT2D eigenvalue weighted by atomic mass is 10.2. The maximum atomic E-state index is 5.86. The van der Waals surface area contributed by atoms with Crippen molar-refractivity contribution in [1.82, 2.24) is 9.97 Å². The van der Waals surface area contributed by atoms with Crippen molar-refractivity contribution in [1.29, 1.82) is 0 Å². The van der Waals surface area contributed by atoms with Gasteiger partial charge in [0.2, 0.25) is 0 Å². The number of hydrogen-bond donors (Lipinski definition) is 0. The Kier molecular flexibility index (Phi) is 4.25. The molecule has 0 aliphatic carbocycles. The molecule has 0 aromatic carbocycles. The minimum Gasteiger partial charge on any atom is -0.352 e. The van der Waals surface area contributed by atoms with Crippen LogP contribution in [-0.2, 0) is 9.47 Å². The fourth-order valence-corrected chi connectivity index (χ4v) is 1.82. The molecule has 0 unspecified atom stereocenters. The molecule has 0 aliphatic heterocycles.